The number of hydrogen-bond donors (Lipinski definition) is 1. The molecule has 1 aromatic heterocycles. The average molecular weight is 337 g/mol. The molecule has 3 rings (SSSR count). The van der Waals surface area contributed by atoms with Gasteiger partial charge in [0, 0.05) is 13.0 Å². The molecule has 0 radical (unpaired) electrons. The van der Waals surface area contributed by atoms with Crippen LogP contribution in [0.1, 0.15) is 25.6 Å². The summed E-state index contributed by atoms with van der Waals surface area (Å²) < 4.78 is 0. The van der Waals surface area contributed by atoms with Crippen LogP contribution in [0.4, 0.5) is 5.69 Å². The number of amides is 1. The Kier molecular flexibility index (Phi) is 4.69. The second-order valence-electron chi connectivity index (χ2n) is 5.11. The second-order valence-corrected chi connectivity index (χ2v) is 6.69. The van der Waals surface area contributed by atoms with Gasteiger partial charge in [-0.05, 0) is 25.0 Å². The molecule has 2 heterocycles. The zero-order chi connectivity index (χ0) is 15.5. The summed E-state index contributed by atoms with van der Waals surface area (Å²) in [4.78, 5) is 18.9. The lowest BCUT2D eigenvalue weighted by molar-refractivity contribution is -0.119. The number of para-hydroxylation sites is 1. The minimum atomic E-state index is -0.162. The third-order valence-corrected chi connectivity index (χ3v) is 5.06. The van der Waals surface area contributed by atoms with Gasteiger partial charge in [-0.1, -0.05) is 42.4 Å². The number of halogens is 1. The third-order valence-electron chi connectivity index (χ3n) is 3.63. The largest absolute Gasteiger partial charge is 0.310 e. The highest BCUT2D eigenvalue weighted by Crippen LogP contribution is 2.33. The fraction of sp³-hybridized carbons (Fsp3) is 0.400. The number of nitrogens with one attached hydrogen (secondary N) is 1. The maximum absolute atomic E-state index is 12.7. The molecule has 1 saturated heterocycles. The molecule has 1 N–H and O–H groups in total. The molecule has 5 nitrogen and oxygen atoms in total. The molecule has 0 spiro atoms. The fourth-order valence-electron chi connectivity index (χ4n) is 2.48. The van der Waals surface area contributed by atoms with E-state index in [0.29, 0.717) is 16.7 Å². The van der Waals surface area contributed by atoms with E-state index in [1.165, 1.54) is 11.8 Å². The van der Waals surface area contributed by atoms with Crippen molar-refractivity contribution in [3.8, 4) is 0 Å². The van der Waals surface area contributed by atoms with Crippen molar-refractivity contribution >= 4 is 35.0 Å². The number of aromatic nitrogens is 3. The van der Waals surface area contributed by atoms with Crippen LogP contribution >= 0.6 is 23.4 Å². The molecular weight excluding hydrogens is 320 g/mol. The van der Waals surface area contributed by atoms with Crippen molar-refractivity contribution in [2.24, 2.45) is 0 Å². The summed E-state index contributed by atoms with van der Waals surface area (Å²) >= 11 is 7.65. The minimum Gasteiger partial charge on any atom is -0.310 e. The van der Waals surface area contributed by atoms with Gasteiger partial charge in [0.2, 0.25) is 11.1 Å². The van der Waals surface area contributed by atoms with E-state index in [1.807, 2.05) is 31.2 Å². The first kappa shape index (κ1) is 15.4. The molecule has 22 heavy (non-hydrogen) atoms. The lowest BCUT2D eigenvalue weighted by Gasteiger charge is -2.32. The molecule has 1 aromatic carbocycles. The number of nitrogens with zero attached hydrogens (tertiary/aromatic N) is 3. The fourth-order valence-corrected chi connectivity index (χ4v) is 3.74. The van der Waals surface area contributed by atoms with E-state index in [0.717, 1.165) is 30.8 Å². The first-order valence-electron chi connectivity index (χ1n) is 7.33. The summed E-state index contributed by atoms with van der Waals surface area (Å²) in [5.74, 6) is 0.918. The van der Waals surface area contributed by atoms with Crippen LogP contribution in [0.2, 0.25) is 5.02 Å². The molecule has 7 heteroatoms. The summed E-state index contributed by atoms with van der Waals surface area (Å²) in [6, 6.07) is 7.46. The van der Waals surface area contributed by atoms with Gasteiger partial charge >= 0.3 is 0 Å². The molecular formula is C15H17ClN4OS. The predicted octanol–water partition coefficient (Wildman–Crippen LogP) is 3.31. The molecule has 2 aromatic rings. The first-order chi connectivity index (χ1) is 10.7. The number of piperidine rings is 1. The number of benzene rings is 1. The molecule has 1 amide bonds. The van der Waals surface area contributed by atoms with Gasteiger partial charge in [0.05, 0.1) is 16.0 Å². The van der Waals surface area contributed by atoms with Gasteiger partial charge in [0.15, 0.2) is 0 Å². The number of aryl methyl sites for hydroxylation is 1. The van der Waals surface area contributed by atoms with Crippen molar-refractivity contribution < 1.29 is 4.79 Å². The highest BCUT2D eigenvalue weighted by Gasteiger charge is 2.32. The van der Waals surface area contributed by atoms with E-state index >= 15 is 0 Å². The number of anilines is 1. The van der Waals surface area contributed by atoms with E-state index in [9.17, 15) is 4.79 Å². The molecule has 0 saturated carbocycles. The summed E-state index contributed by atoms with van der Waals surface area (Å²) in [6.45, 7) is 2.72. The quantitative estimate of drug-likeness (QED) is 0.930. The van der Waals surface area contributed by atoms with Crippen LogP contribution in [-0.2, 0) is 11.2 Å². The topological polar surface area (TPSA) is 61.9 Å². The molecule has 1 aliphatic rings. The second kappa shape index (κ2) is 6.71. The number of thioether (sulfide) groups is 1. The van der Waals surface area contributed by atoms with E-state index < -0.39 is 0 Å². The molecule has 0 unspecified atom stereocenters. The van der Waals surface area contributed by atoms with Crippen LogP contribution in [0.5, 0.6) is 0 Å². The summed E-state index contributed by atoms with van der Waals surface area (Å²) in [5, 5.41) is 8.12. The van der Waals surface area contributed by atoms with Crippen LogP contribution in [0.15, 0.2) is 29.4 Å². The maximum Gasteiger partial charge on any atom is 0.240 e. The van der Waals surface area contributed by atoms with Gasteiger partial charge in [0.25, 0.3) is 0 Å². The van der Waals surface area contributed by atoms with Crippen LogP contribution < -0.4 is 4.90 Å². The molecule has 116 valence electrons. The summed E-state index contributed by atoms with van der Waals surface area (Å²) in [7, 11) is 0. The van der Waals surface area contributed by atoms with Gasteiger partial charge in [-0.15, -0.1) is 5.10 Å². The Balaban J connectivity index is 1.76. The van der Waals surface area contributed by atoms with Crippen LogP contribution in [0, 0.1) is 0 Å². The van der Waals surface area contributed by atoms with Crippen LogP contribution in [-0.4, -0.2) is 32.9 Å². The Bertz CT molecular complexity index is 675. The van der Waals surface area contributed by atoms with E-state index in [1.54, 1.807) is 4.90 Å². The normalized spacial score (nSPS) is 18.7. The Morgan fingerprint density at radius 1 is 1.45 bits per heavy atom. The molecule has 0 bridgehead atoms. The van der Waals surface area contributed by atoms with Crippen LogP contribution in [0.25, 0.3) is 0 Å². The Labute approximate surface area is 138 Å². The number of carbonyl (C=O) groups is 1. The monoisotopic (exact) mass is 336 g/mol. The summed E-state index contributed by atoms with van der Waals surface area (Å²) in [6.07, 6.45) is 2.58. The third kappa shape index (κ3) is 3.13. The van der Waals surface area contributed by atoms with E-state index in [4.69, 9.17) is 11.6 Å². The van der Waals surface area contributed by atoms with Crippen molar-refractivity contribution in [1.29, 1.82) is 0 Å². The first-order valence-corrected chi connectivity index (χ1v) is 8.58. The van der Waals surface area contributed by atoms with Crippen molar-refractivity contribution in [2.75, 3.05) is 11.4 Å². The average Bonchev–Trinajstić information content (AvgIpc) is 2.98. The molecule has 1 atom stereocenters. The van der Waals surface area contributed by atoms with Crippen LogP contribution in [0.3, 0.4) is 0 Å². The van der Waals surface area contributed by atoms with Gasteiger partial charge < -0.3 is 4.90 Å². The van der Waals surface area contributed by atoms with Crippen molar-refractivity contribution in [3.05, 3.63) is 35.1 Å². The molecule has 1 aliphatic heterocycles. The lowest BCUT2D eigenvalue weighted by Crippen LogP contribution is -2.43. The number of hydrogen-bond acceptors (Lipinski definition) is 4. The Hall–Kier alpha value is -1.53. The van der Waals surface area contributed by atoms with E-state index in [2.05, 4.69) is 15.2 Å². The lowest BCUT2D eigenvalue weighted by atomic mass is 10.1. The number of rotatable bonds is 4. The summed E-state index contributed by atoms with van der Waals surface area (Å²) in [5.41, 5.74) is 0.781. The minimum absolute atomic E-state index is 0.0761. The van der Waals surface area contributed by atoms with Crippen molar-refractivity contribution in [1.82, 2.24) is 15.2 Å². The van der Waals surface area contributed by atoms with Gasteiger partial charge in [0.1, 0.15) is 5.82 Å². The van der Waals surface area contributed by atoms with E-state index in [-0.39, 0.29) is 11.2 Å². The highest BCUT2D eigenvalue weighted by atomic mass is 35.5. The number of aromatic amines is 1. The van der Waals surface area contributed by atoms with Gasteiger partial charge in [-0.25, -0.2) is 4.98 Å². The number of carbonyl (C=O) groups excluding carboxylic acids is 1. The Morgan fingerprint density at radius 3 is 3.00 bits per heavy atom. The molecule has 0 aliphatic carbocycles. The van der Waals surface area contributed by atoms with Gasteiger partial charge in [-0.2, -0.15) is 0 Å². The highest BCUT2D eigenvalue weighted by molar-refractivity contribution is 8.00. The standard InChI is InChI=1S/C15H17ClN4OS/c1-2-13-17-15(19-18-13)22-12-8-5-9-20(14(12)21)11-7-4-3-6-10(11)16/h3-4,6-7,12H,2,5,8-9H2,1H3,(H,17,18,19)/t12-/m1/s1. The zero-order valence-electron chi connectivity index (χ0n) is 12.3. The zero-order valence-corrected chi connectivity index (χ0v) is 13.8. The number of H-pyrrole nitrogens is 1. The predicted molar refractivity (Wildman–Crippen MR) is 88.4 cm³/mol. The van der Waals surface area contributed by atoms with Crippen molar-refractivity contribution in [3.63, 3.8) is 0 Å². The molecule has 1 fully saturated rings. The Morgan fingerprint density at radius 2 is 2.27 bits per heavy atom. The maximum atomic E-state index is 12.7. The smallest absolute Gasteiger partial charge is 0.240 e. The van der Waals surface area contributed by atoms with Gasteiger partial charge in [-0.3, -0.25) is 9.89 Å². The SMILES string of the molecule is CCc1nc(S[C@@H]2CCCN(c3ccccc3Cl)C2=O)n[nH]1. The van der Waals surface area contributed by atoms with Crippen molar-refractivity contribution in [2.45, 2.75) is 36.6 Å².